The Morgan fingerprint density at radius 1 is 1.24 bits per heavy atom. The van der Waals surface area contributed by atoms with Crippen LogP contribution in [0.2, 0.25) is 0 Å². The minimum Gasteiger partial charge on any atom is -0.465 e. The van der Waals surface area contributed by atoms with Crippen LogP contribution in [-0.2, 0) is 28.7 Å². The fourth-order valence-electron chi connectivity index (χ4n) is 8.63. The van der Waals surface area contributed by atoms with Crippen LogP contribution in [0.25, 0.3) is 0 Å². The highest BCUT2D eigenvalue weighted by Crippen LogP contribution is 2.72. The number of allylic oxidation sites excluding steroid dienone is 1. The molecule has 0 spiro atoms. The summed E-state index contributed by atoms with van der Waals surface area (Å²) in [6.45, 7) is 6.92. The summed E-state index contributed by atoms with van der Waals surface area (Å²) < 4.78 is 44.3. The van der Waals surface area contributed by atoms with Crippen LogP contribution in [0, 0.1) is 28.6 Å². The third kappa shape index (κ3) is 3.47. The van der Waals surface area contributed by atoms with E-state index in [4.69, 9.17) is 9.47 Å². The maximum Gasteiger partial charge on any atom is 0.319 e. The van der Waals surface area contributed by atoms with Crippen molar-refractivity contribution in [2.24, 2.45) is 28.6 Å². The van der Waals surface area contributed by atoms with E-state index in [0.717, 1.165) is 11.8 Å². The Kier molecular flexibility index (Phi) is 6.65. The molecule has 5 rings (SSSR count). The lowest BCUT2D eigenvalue weighted by molar-refractivity contribution is -0.236. The predicted octanol–water partition coefficient (Wildman–Crippen LogP) is 4.04. The highest BCUT2D eigenvalue weighted by molar-refractivity contribution is 8.14. The van der Waals surface area contributed by atoms with Gasteiger partial charge in [-0.15, -0.1) is 0 Å². The number of alkyl halides is 2. The number of ether oxygens (including phenoxy) is 2. The maximum absolute atomic E-state index is 17.5. The molecule has 1 unspecified atom stereocenters. The molecule has 0 radical (unpaired) electrons. The summed E-state index contributed by atoms with van der Waals surface area (Å²) in [5.41, 5.74) is -6.42. The van der Waals surface area contributed by atoms with Crippen LogP contribution in [0.5, 0.6) is 0 Å². The van der Waals surface area contributed by atoms with E-state index in [9.17, 15) is 24.3 Å². The van der Waals surface area contributed by atoms with Crippen molar-refractivity contribution in [2.75, 3.05) is 6.61 Å². The highest BCUT2D eigenvalue weighted by atomic mass is 32.2. The Morgan fingerprint density at radius 3 is 2.58 bits per heavy atom. The summed E-state index contributed by atoms with van der Waals surface area (Å²) in [5, 5.41) is 10.4. The van der Waals surface area contributed by atoms with E-state index in [2.05, 4.69) is 0 Å². The molecule has 0 bridgehead atoms. The van der Waals surface area contributed by atoms with E-state index < -0.39 is 74.4 Å². The molecule has 0 aromatic carbocycles. The van der Waals surface area contributed by atoms with Crippen molar-refractivity contribution >= 4 is 34.6 Å². The molecule has 0 aromatic heterocycles. The molecule has 210 valence electrons. The quantitative estimate of drug-likeness (QED) is 0.519. The molecule has 1 aliphatic heterocycles. The van der Waals surface area contributed by atoms with E-state index in [-0.39, 0.29) is 50.1 Å². The average molecular weight is 555 g/mol. The topological polar surface area (TPSA) is 107 Å². The molecule has 3 saturated carbocycles. The van der Waals surface area contributed by atoms with Gasteiger partial charge in [0.2, 0.25) is 5.12 Å². The zero-order chi connectivity index (χ0) is 27.8. The Hall–Kier alpha value is -1.81. The maximum atomic E-state index is 17.5. The summed E-state index contributed by atoms with van der Waals surface area (Å²) in [4.78, 5) is 51.2. The van der Waals surface area contributed by atoms with E-state index in [1.54, 1.807) is 27.7 Å². The van der Waals surface area contributed by atoms with Gasteiger partial charge in [-0.1, -0.05) is 39.5 Å². The van der Waals surface area contributed by atoms with E-state index in [1.165, 1.54) is 6.08 Å². The van der Waals surface area contributed by atoms with Crippen molar-refractivity contribution in [3.05, 3.63) is 11.6 Å². The smallest absolute Gasteiger partial charge is 0.319 e. The number of ketones is 1. The number of fused-ring (bicyclic) bond motifs is 5. The molecule has 4 fully saturated rings. The van der Waals surface area contributed by atoms with Gasteiger partial charge in [0.05, 0.1) is 12.7 Å². The van der Waals surface area contributed by atoms with Gasteiger partial charge in [0.1, 0.15) is 17.1 Å². The van der Waals surface area contributed by atoms with Gasteiger partial charge in [0.25, 0.3) is 0 Å². The van der Waals surface area contributed by atoms with Gasteiger partial charge in [-0.05, 0) is 43.3 Å². The summed E-state index contributed by atoms with van der Waals surface area (Å²) in [6.07, 6.45) is -1.53. The van der Waals surface area contributed by atoms with Crippen LogP contribution in [0.3, 0.4) is 0 Å². The van der Waals surface area contributed by atoms with Gasteiger partial charge in [0.15, 0.2) is 11.4 Å². The van der Waals surface area contributed by atoms with Crippen LogP contribution in [0.4, 0.5) is 8.78 Å². The summed E-state index contributed by atoms with van der Waals surface area (Å²) in [7, 11) is 0. The van der Waals surface area contributed by atoms with Crippen molar-refractivity contribution < 1.29 is 42.5 Å². The van der Waals surface area contributed by atoms with Crippen molar-refractivity contribution in [1.29, 1.82) is 0 Å². The molecule has 1 N–H and O–H groups in total. The van der Waals surface area contributed by atoms with Crippen LogP contribution in [-0.4, -0.2) is 63.3 Å². The third-order valence-corrected chi connectivity index (χ3v) is 11.8. The fourth-order valence-corrected chi connectivity index (χ4v) is 9.91. The normalized spacial score (nSPS) is 47.9. The molecule has 38 heavy (non-hydrogen) atoms. The molecular weight excluding hydrogens is 518 g/mol. The Balaban J connectivity index is 1.61. The Morgan fingerprint density at radius 2 is 1.95 bits per heavy atom. The van der Waals surface area contributed by atoms with Gasteiger partial charge in [-0.25, -0.2) is 8.78 Å². The molecule has 10 atom stereocenters. The lowest BCUT2D eigenvalue weighted by Gasteiger charge is -2.64. The third-order valence-electron chi connectivity index (χ3n) is 10.6. The van der Waals surface area contributed by atoms with Crippen molar-refractivity contribution in [1.82, 2.24) is 0 Å². The number of esters is 2. The molecule has 4 aliphatic carbocycles. The Labute approximate surface area is 225 Å². The molecule has 7 nitrogen and oxygen atoms in total. The molecule has 1 heterocycles. The number of halogens is 2. The molecule has 0 amide bonds. The number of aliphatic hydroxyl groups excluding tert-OH is 1. The predicted molar refractivity (Wildman–Crippen MR) is 134 cm³/mol. The first-order valence-electron chi connectivity index (χ1n) is 13.6. The minimum absolute atomic E-state index is 0.00444. The van der Waals surface area contributed by atoms with E-state index in [0.29, 0.717) is 12.8 Å². The number of hydrogen-bond acceptors (Lipinski definition) is 8. The van der Waals surface area contributed by atoms with Crippen molar-refractivity contribution in [2.45, 2.75) is 101 Å². The number of cyclic esters (lactones) is 1. The lowest BCUT2D eigenvalue weighted by atomic mass is 9.43. The second-order valence-corrected chi connectivity index (χ2v) is 13.4. The Bertz CT molecular complexity index is 1110. The number of carbonyl (C=O) groups excluding carboxylic acids is 4. The lowest BCUT2D eigenvalue weighted by Crippen LogP contribution is -2.71. The summed E-state index contributed by atoms with van der Waals surface area (Å²) >= 11 is 0.783. The van der Waals surface area contributed by atoms with Crippen molar-refractivity contribution in [3.63, 3.8) is 0 Å². The number of aliphatic hydroxyl groups is 1. The second-order valence-electron chi connectivity index (χ2n) is 12.3. The number of hydrogen-bond donors (Lipinski definition) is 1. The second kappa shape index (κ2) is 9.11. The number of rotatable bonds is 4. The van der Waals surface area contributed by atoms with Gasteiger partial charge < -0.3 is 14.6 Å². The number of carbonyl (C=O) groups is 4. The zero-order valence-electron chi connectivity index (χ0n) is 22.3. The minimum atomic E-state index is -2.22. The molecule has 1 saturated heterocycles. The van der Waals surface area contributed by atoms with Crippen LogP contribution in [0.1, 0.15) is 72.6 Å². The SMILES string of the molecule is CCC(=O)O[C@]1(C(=O)SC2CCOC2=O)[C@H](C)C[C@H]2[C@@H]3C[C@H](F)C4=CC(=O)CC[C@]4(C)[C@@]3(F)[C@@H](O)C[C@@]21C. The molecule has 0 aromatic rings. The first kappa shape index (κ1) is 27.7. The van der Waals surface area contributed by atoms with Crippen LogP contribution >= 0.6 is 11.8 Å². The standard InChI is InChI=1S/C28H36F2O7S/c1-5-22(33)37-28(24(35)38-20-7-9-36-23(20)34)14(2)10-16-17-12-19(29)18-11-15(31)6-8-25(18,3)27(17,30)21(32)13-26(16,28)4/h11,14,16-17,19-21,32H,5-10,12-13H2,1-4H3/t14-,16+,17+,19+,20?,21+,25+,26+,27+,28+/m1/s1. The molecular formula is C28H36F2O7S. The molecule has 10 heteroatoms. The van der Waals surface area contributed by atoms with Crippen molar-refractivity contribution in [3.8, 4) is 0 Å². The summed E-state index contributed by atoms with van der Waals surface area (Å²) in [5.74, 6) is -3.46. The van der Waals surface area contributed by atoms with E-state index in [1.807, 2.05) is 0 Å². The van der Waals surface area contributed by atoms with Crippen LogP contribution in [0.15, 0.2) is 11.6 Å². The van der Waals surface area contributed by atoms with Gasteiger partial charge in [-0.3, -0.25) is 19.2 Å². The highest BCUT2D eigenvalue weighted by Gasteiger charge is 2.78. The number of thioether (sulfide) groups is 1. The zero-order valence-corrected chi connectivity index (χ0v) is 23.1. The first-order chi connectivity index (χ1) is 17.8. The van der Waals surface area contributed by atoms with E-state index >= 15 is 8.78 Å². The monoisotopic (exact) mass is 554 g/mol. The largest absolute Gasteiger partial charge is 0.465 e. The summed E-state index contributed by atoms with van der Waals surface area (Å²) in [6, 6.07) is 0. The molecule has 5 aliphatic rings. The fraction of sp³-hybridized carbons (Fsp3) is 0.786. The average Bonchev–Trinajstić information content (AvgIpc) is 3.35. The van der Waals surface area contributed by atoms with Crippen LogP contribution < -0.4 is 0 Å². The van der Waals surface area contributed by atoms with Gasteiger partial charge >= 0.3 is 11.9 Å². The van der Waals surface area contributed by atoms with Gasteiger partial charge in [-0.2, -0.15) is 0 Å². The first-order valence-corrected chi connectivity index (χ1v) is 14.5. The van der Waals surface area contributed by atoms with Gasteiger partial charge in [0, 0.05) is 41.9 Å².